The highest BCUT2D eigenvalue weighted by Gasteiger charge is 2.01. The number of nitrogens with two attached hydrogens (primary N) is 1. The first kappa shape index (κ1) is 14.8. The average molecular weight is 259 g/mol. The molecular formula is C6H17N3O4S2. The summed E-state index contributed by atoms with van der Waals surface area (Å²) in [6.45, 7) is 1.15. The highest BCUT2D eigenvalue weighted by Crippen LogP contribution is 1.79. The molecule has 0 aromatic rings. The molecule has 92 valence electrons. The van der Waals surface area contributed by atoms with E-state index in [1.807, 2.05) is 0 Å². The van der Waals surface area contributed by atoms with E-state index in [1.165, 1.54) is 0 Å². The van der Waals surface area contributed by atoms with Crippen LogP contribution in [0.4, 0.5) is 0 Å². The third-order valence-electron chi connectivity index (χ3n) is 1.46. The number of primary sulfonamides is 1. The fourth-order valence-electron chi connectivity index (χ4n) is 0.810. The molecular weight excluding hydrogens is 242 g/mol. The van der Waals surface area contributed by atoms with Gasteiger partial charge in [0.2, 0.25) is 20.0 Å². The van der Waals surface area contributed by atoms with Crippen molar-refractivity contribution in [3.05, 3.63) is 0 Å². The second-order valence-corrected chi connectivity index (χ2v) is 6.70. The number of hydrogen-bond donors (Lipinski definition) is 3. The van der Waals surface area contributed by atoms with Gasteiger partial charge in [-0.15, -0.1) is 0 Å². The first-order valence-corrected chi connectivity index (χ1v) is 7.97. The summed E-state index contributed by atoms with van der Waals surface area (Å²) in [6, 6.07) is 0. The lowest BCUT2D eigenvalue weighted by Gasteiger charge is -2.04. The van der Waals surface area contributed by atoms with Gasteiger partial charge in [0.05, 0.1) is 12.0 Å². The third kappa shape index (κ3) is 13.8. The first-order chi connectivity index (χ1) is 6.71. The van der Waals surface area contributed by atoms with Gasteiger partial charge in [0.15, 0.2) is 0 Å². The lowest BCUT2D eigenvalue weighted by Crippen LogP contribution is -2.30. The Morgan fingerprint density at radius 1 is 1.07 bits per heavy atom. The normalized spacial score (nSPS) is 12.9. The number of sulfonamides is 2. The zero-order valence-corrected chi connectivity index (χ0v) is 10.2. The van der Waals surface area contributed by atoms with Gasteiger partial charge in [-0.3, -0.25) is 0 Å². The van der Waals surface area contributed by atoms with E-state index in [2.05, 4.69) is 10.0 Å². The Balaban J connectivity index is 3.34. The molecule has 0 saturated heterocycles. The molecule has 0 spiro atoms. The molecule has 4 N–H and O–H groups in total. The van der Waals surface area contributed by atoms with E-state index < -0.39 is 20.0 Å². The summed E-state index contributed by atoms with van der Waals surface area (Å²) < 4.78 is 44.6. The molecule has 0 atom stereocenters. The summed E-state index contributed by atoms with van der Waals surface area (Å²) in [5.41, 5.74) is 0. The first-order valence-electron chi connectivity index (χ1n) is 4.36. The Morgan fingerprint density at radius 3 is 2.13 bits per heavy atom. The number of rotatable bonds is 8. The van der Waals surface area contributed by atoms with Crippen molar-refractivity contribution in [3.63, 3.8) is 0 Å². The van der Waals surface area contributed by atoms with Gasteiger partial charge < -0.3 is 5.32 Å². The van der Waals surface area contributed by atoms with Gasteiger partial charge in [-0.1, -0.05) is 0 Å². The molecule has 0 aliphatic rings. The van der Waals surface area contributed by atoms with Crippen LogP contribution in [-0.2, 0) is 20.0 Å². The van der Waals surface area contributed by atoms with Crippen molar-refractivity contribution >= 4 is 20.0 Å². The standard InChI is InChI=1S/C6H17N3O4S2/c1-14(10,11)9-4-2-3-8-5-6-15(7,12)13/h8-9H,2-6H2,1H3,(H2,7,12,13). The highest BCUT2D eigenvalue weighted by atomic mass is 32.2. The molecule has 9 heteroatoms. The van der Waals surface area contributed by atoms with Gasteiger partial charge in [-0.25, -0.2) is 26.7 Å². The zero-order chi connectivity index (χ0) is 11.9. The lowest BCUT2D eigenvalue weighted by molar-refractivity contribution is 0.579. The van der Waals surface area contributed by atoms with Crippen molar-refractivity contribution in [1.82, 2.24) is 10.0 Å². The van der Waals surface area contributed by atoms with Crippen molar-refractivity contribution in [2.45, 2.75) is 6.42 Å². The van der Waals surface area contributed by atoms with Crippen molar-refractivity contribution in [1.29, 1.82) is 0 Å². The van der Waals surface area contributed by atoms with Crippen molar-refractivity contribution in [3.8, 4) is 0 Å². The third-order valence-corrected chi connectivity index (χ3v) is 2.96. The molecule has 0 rings (SSSR count). The van der Waals surface area contributed by atoms with Crippen LogP contribution in [0.1, 0.15) is 6.42 Å². The monoisotopic (exact) mass is 259 g/mol. The molecule has 0 fully saturated rings. The smallest absolute Gasteiger partial charge is 0.210 e. The summed E-state index contributed by atoms with van der Waals surface area (Å²) in [4.78, 5) is 0. The molecule has 0 heterocycles. The van der Waals surface area contributed by atoms with Gasteiger partial charge in [0.25, 0.3) is 0 Å². The molecule has 0 saturated carbocycles. The topological polar surface area (TPSA) is 118 Å². The molecule has 15 heavy (non-hydrogen) atoms. The molecule has 0 bridgehead atoms. The molecule has 0 radical (unpaired) electrons. The van der Waals surface area contributed by atoms with E-state index >= 15 is 0 Å². The summed E-state index contributed by atoms with van der Waals surface area (Å²) in [6.07, 6.45) is 1.68. The van der Waals surface area contributed by atoms with Crippen LogP contribution in [0, 0.1) is 0 Å². The predicted molar refractivity (Wildman–Crippen MR) is 58.3 cm³/mol. The van der Waals surface area contributed by atoms with E-state index in [-0.39, 0.29) is 12.3 Å². The number of nitrogens with one attached hydrogen (secondary N) is 2. The van der Waals surface area contributed by atoms with Crippen LogP contribution in [-0.4, -0.2) is 48.5 Å². The molecule has 0 aliphatic carbocycles. The fraction of sp³-hybridized carbons (Fsp3) is 1.00. The predicted octanol–water partition coefficient (Wildman–Crippen LogP) is -2.20. The van der Waals surface area contributed by atoms with Gasteiger partial charge in [0, 0.05) is 13.1 Å². The molecule has 0 aromatic carbocycles. The second-order valence-electron chi connectivity index (χ2n) is 3.14. The number of hydrogen-bond acceptors (Lipinski definition) is 5. The van der Waals surface area contributed by atoms with E-state index in [9.17, 15) is 16.8 Å². The Morgan fingerprint density at radius 2 is 1.67 bits per heavy atom. The lowest BCUT2D eigenvalue weighted by atomic mass is 10.4. The van der Waals surface area contributed by atoms with Crippen LogP contribution >= 0.6 is 0 Å². The molecule has 7 nitrogen and oxygen atoms in total. The average Bonchev–Trinajstić information content (AvgIpc) is 1.98. The van der Waals surface area contributed by atoms with Gasteiger partial charge in [-0.05, 0) is 13.0 Å². The summed E-state index contributed by atoms with van der Waals surface area (Å²) in [5, 5.41) is 7.61. The van der Waals surface area contributed by atoms with E-state index in [0.717, 1.165) is 6.26 Å². The summed E-state index contributed by atoms with van der Waals surface area (Å²) in [7, 11) is -6.55. The van der Waals surface area contributed by atoms with Crippen LogP contribution in [0.15, 0.2) is 0 Å². The van der Waals surface area contributed by atoms with Gasteiger partial charge in [-0.2, -0.15) is 0 Å². The maximum Gasteiger partial charge on any atom is 0.210 e. The second kappa shape index (κ2) is 6.38. The largest absolute Gasteiger partial charge is 0.316 e. The van der Waals surface area contributed by atoms with E-state index in [0.29, 0.717) is 19.5 Å². The Kier molecular flexibility index (Phi) is 6.29. The maximum absolute atomic E-state index is 10.6. The van der Waals surface area contributed by atoms with E-state index in [4.69, 9.17) is 5.14 Å². The van der Waals surface area contributed by atoms with Gasteiger partial charge >= 0.3 is 0 Å². The SMILES string of the molecule is CS(=O)(=O)NCCCNCCS(N)(=O)=O. The zero-order valence-electron chi connectivity index (χ0n) is 8.56. The van der Waals surface area contributed by atoms with E-state index in [1.54, 1.807) is 0 Å². The van der Waals surface area contributed by atoms with Crippen LogP contribution in [0.3, 0.4) is 0 Å². The Hall–Kier alpha value is -0.220. The van der Waals surface area contributed by atoms with Crippen LogP contribution in [0.2, 0.25) is 0 Å². The van der Waals surface area contributed by atoms with Crippen molar-refractivity contribution in [2.75, 3.05) is 31.6 Å². The maximum atomic E-state index is 10.6. The summed E-state index contributed by atoms with van der Waals surface area (Å²) in [5.74, 6) is -0.119. The minimum absolute atomic E-state index is 0.119. The quantitative estimate of drug-likeness (QED) is 0.428. The molecule has 0 aromatic heterocycles. The molecule has 0 amide bonds. The Bertz CT molecular complexity index is 326. The van der Waals surface area contributed by atoms with Crippen molar-refractivity contribution < 1.29 is 16.8 Å². The minimum atomic E-state index is -3.41. The molecule has 0 unspecified atom stereocenters. The summed E-state index contributed by atoms with van der Waals surface area (Å²) >= 11 is 0. The van der Waals surface area contributed by atoms with Crippen LogP contribution in [0.25, 0.3) is 0 Å². The van der Waals surface area contributed by atoms with Crippen LogP contribution < -0.4 is 15.2 Å². The van der Waals surface area contributed by atoms with Gasteiger partial charge in [0.1, 0.15) is 0 Å². The minimum Gasteiger partial charge on any atom is -0.316 e. The van der Waals surface area contributed by atoms with Crippen LogP contribution in [0.5, 0.6) is 0 Å². The van der Waals surface area contributed by atoms with Crippen molar-refractivity contribution in [2.24, 2.45) is 5.14 Å². The highest BCUT2D eigenvalue weighted by molar-refractivity contribution is 7.89. The fourth-order valence-corrected chi connectivity index (χ4v) is 1.75. The Labute approximate surface area is 90.5 Å². The molecule has 0 aliphatic heterocycles.